The van der Waals surface area contributed by atoms with Crippen LogP contribution in [0.15, 0.2) is 0 Å². The van der Waals surface area contributed by atoms with E-state index >= 15 is 0 Å². The van der Waals surface area contributed by atoms with Crippen molar-refractivity contribution in [2.24, 2.45) is 11.8 Å². The predicted molar refractivity (Wildman–Crippen MR) is 53.7 cm³/mol. The van der Waals surface area contributed by atoms with Gasteiger partial charge in [-0.05, 0) is 18.1 Å². The zero-order chi connectivity index (χ0) is 9.40. The summed E-state index contributed by atoms with van der Waals surface area (Å²) in [6.07, 6.45) is 1.74. The molecule has 0 aliphatic rings. The van der Waals surface area contributed by atoms with E-state index in [0.717, 1.165) is 17.4 Å². The molecule has 3 N–H and O–H groups in total. The molecule has 0 bridgehead atoms. The number of carbonyl (C=O) groups is 1. The van der Waals surface area contributed by atoms with Crippen molar-refractivity contribution in [2.45, 2.75) is 26.7 Å². The highest BCUT2D eigenvalue weighted by Crippen LogP contribution is 2.09. The largest absolute Gasteiger partial charge is 0.294 e. The molecule has 4 heteroatoms. The SMILES string of the molecule is CC(C)CCSCCC(=O)NN. The van der Waals surface area contributed by atoms with Crippen molar-refractivity contribution in [2.75, 3.05) is 11.5 Å². The standard InChI is InChI=1S/C8H18N2OS/c1-7(2)3-5-12-6-4-8(11)10-9/h7H,3-6,9H2,1-2H3,(H,10,11). The minimum Gasteiger partial charge on any atom is -0.294 e. The summed E-state index contributed by atoms with van der Waals surface area (Å²) in [5.41, 5.74) is 2.11. The minimum atomic E-state index is -0.0768. The van der Waals surface area contributed by atoms with Gasteiger partial charge in [-0.25, -0.2) is 5.84 Å². The Morgan fingerprint density at radius 1 is 1.50 bits per heavy atom. The molecule has 0 atom stereocenters. The van der Waals surface area contributed by atoms with Crippen molar-refractivity contribution in [1.82, 2.24) is 5.43 Å². The van der Waals surface area contributed by atoms with Gasteiger partial charge in [0, 0.05) is 12.2 Å². The molecule has 0 saturated heterocycles. The van der Waals surface area contributed by atoms with E-state index in [1.165, 1.54) is 6.42 Å². The van der Waals surface area contributed by atoms with E-state index in [1.54, 1.807) is 0 Å². The average Bonchev–Trinajstić information content (AvgIpc) is 2.03. The number of thioether (sulfide) groups is 1. The fourth-order valence-electron chi connectivity index (χ4n) is 0.658. The molecule has 12 heavy (non-hydrogen) atoms. The molecule has 0 aromatic heterocycles. The van der Waals surface area contributed by atoms with Crippen LogP contribution in [0.3, 0.4) is 0 Å². The molecular weight excluding hydrogens is 172 g/mol. The summed E-state index contributed by atoms with van der Waals surface area (Å²) in [7, 11) is 0. The van der Waals surface area contributed by atoms with Crippen molar-refractivity contribution in [3.8, 4) is 0 Å². The third kappa shape index (κ3) is 7.88. The third-order valence-electron chi connectivity index (χ3n) is 1.47. The predicted octanol–water partition coefficient (Wildman–Crippen LogP) is 1.15. The maximum absolute atomic E-state index is 10.7. The highest BCUT2D eigenvalue weighted by Gasteiger charge is 1.98. The second-order valence-corrected chi connectivity index (χ2v) is 4.34. The maximum atomic E-state index is 10.7. The summed E-state index contributed by atoms with van der Waals surface area (Å²) in [6.45, 7) is 4.40. The molecule has 0 aromatic rings. The fraction of sp³-hybridized carbons (Fsp3) is 0.875. The van der Waals surface area contributed by atoms with Gasteiger partial charge in [0.2, 0.25) is 5.91 Å². The number of hydrogen-bond donors (Lipinski definition) is 2. The number of amides is 1. The monoisotopic (exact) mass is 190 g/mol. The van der Waals surface area contributed by atoms with Crippen LogP contribution in [0.5, 0.6) is 0 Å². The molecule has 0 spiro atoms. The quantitative estimate of drug-likeness (QED) is 0.286. The molecule has 0 aromatic carbocycles. The Morgan fingerprint density at radius 3 is 2.67 bits per heavy atom. The lowest BCUT2D eigenvalue weighted by atomic mass is 10.2. The highest BCUT2D eigenvalue weighted by atomic mass is 32.2. The van der Waals surface area contributed by atoms with E-state index in [0.29, 0.717) is 6.42 Å². The van der Waals surface area contributed by atoms with Crippen molar-refractivity contribution in [3.63, 3.8) is 0 Å². The smallest absolute Gasteiger partial charge is 0.234 e. The molecular formula is C8H18N2OS. The first-order chi connectivity index (χ1) is 5.66. The molecule has 3 nitrogen and oxygen atoms in total. The van der Waals surface area contributed by atoms with Crippen molar-refractivity contribution in [3.05, 3.63) is 0 Å². The Kier molecular flexibility index (Phi) is 7.29. The van der Waals surface area contributed by atoms with Gasteiger partial charge >= 0.3 is 0 Å². The second kappa shape index (κ2) is 7.43. The van der Waals surface area contributed by atoms with Crippen LogP contribution in [0.1, 0.15) is 26.7 Å². The van der Waals surface area contributed by atoms with E-state index in [4.69, 9.17) is 5.84 Å². The molecule has 0 aliphatic carbocycles. The average molecular weight is 190 g/mol. The van der Waals surface area contributed by atoms with Gasteiger partial charge in [-0.2, -0.15) is 11.8 Å². The van der Waals surface area contributed by atoms with Gasteiger partial charge in [-0.3, -0.25) is 10.2 Å². The van der Waals surface area contributed by atoms with E-state index in [-0.39, 0.29) is 5.91 Å². The molecule has 0 aliphatic heterocycles. The number of rotatable bonds is 6. The first-order valence-corrected chi connectivity index (χ1v) is 5.39. The lowest BCUT2D eigenvalue weighted by Crippen LogP contribution is -2.30. The number of nitrogens with one attached hydrogen (secondary N) is 1. The molecule has 0 radical (unpaired) electrons. The Balaban J connectivity index is 3.05. The molecule has 0 saturated carbocycles. The van der Waals surface area contributed by atoms with Gasteiger partial charge in [0.15, 0.2) is 0 Å². The summed E-state index contributed by atoms with van der Waals surface area (Å²) >= 11 is 1.81. The summed E-state index contributed by atoms with van der Waals surface area (Å²) in [5.74, 6) is 7.61. The van der Waals surface area contributed by atoms with Crippen LogP contribution in [0, 0.1) is 5.92 Å². The van der Waals surface area contributed by atoms with Crippen molar-refractivity contribution < 1.29 is 4.79 Å². The summed E-state index contributed by atoms with van der Waals surface area (Å²) in [6, 6.07) is 0. The minimum absolute atomic E-state index is 0.0768. The van der Waals surface area contributed by atoms with Crippen LogP contribution in [-0.2, 0) is 4.79 Å². The Morgan fingerprint density at radius 2 is 2.17 bits per heavy atom. The zero-order valence-electron chi connectivity index (χ0n) is 7.80. The van der Waals surface area contributed by atoms with Crippen molar-refractivity contribution >= 4 is 17.7 Å². The normalized spacial score (nSPS) is 10.3. The summed E-state index contributed by atoms with van der Waals surface area (Å²) < 4.78 is 0. The van der Waals surface area contributed by atoms with Gasteiger partial charge in [0.05, 0.1) is 0 Å². The number of carbonyl (C=O) groups excluding carboxylic acids is 1. The van der Waals surface area contributed by atoms with E-state index in [2.05, 4.69) is 19.3 Å². The lowest BCUT2D eigenvalue weighted by Gasteiger charge is -2.03. The molecule has 0 unspecified atom stereocenters. The van der Waals surface area contributed by atoms with Gasteiger partial charge in [0.1, 0.15) is 0 Å². The number of nitrogens with two attached hydrogens (primary N) is 1. The van der Waals surface area contributed by atoms with Crippen LogP contribution in [0.2, 0.25) is 0 Å². The summed E-state index contributed by atoms with van der Waals surface area (Å²) in [5, 5.41) is 0. The Hall–Kier alpha value is -0.220. The Bertz CT molecular complexity index is 128. The Labute approximate surface area is 78.4 Å². The van der Waals surface area contributed by atoms with Crippen LogP contribution < -0.4 is 11.3 Å². The fourth-order valence-corrected chi connectivity index (χ4v) is 1.83. The lowest BCUT2D eigenvalue weighted by molar-refractivity contribution is -0.120. The van der Waals surface area contributed by atoms with E-state index in [9.17, 15) is 4.79 Å². The van der Waals surface area contributed by atoms with E-state index in [1.807, 2.05) is 11.8 Å². The first kappa shape index (κ1) is 11.8. The van der Waals surface area contributed by atoms with Gasteiger partial charge in [0.25, 0.3) is 0 Å². The van der Waals surface area contributed by atoms with Crippen LogP contribution in [-0.4, -0.2) is 17.4 Å². The molecule has 0 rings (SSSR count). The van der Waals surface area contributed by atoms with Gasteiger partial charge in [-0.15, -0.1) is 0 Å². The molecule has 0 heterocycles. The van der Waals surface area contributed by atoms with Gasteiger partial charge in [-0.1, -0.05) is 13.8 Å². The highest BCUT2D eigenvalue weighted by molar-refractivity contribution is 7.99. The topological polar surface area (TPSA) is 55.1 Å². The zero-order valence-corrected chi connectivity index (χ0v) is 8.62. The van der Waals surface area contributed by atoms with Crippen LogP contribution in [0.25, 0.3) is 0 Å². The number of hydrazine groups is 1. The molecule has 1 amide bonds. The van der Waals surface area contributed by atoms with E-state index < -0.39 is 0 Å². The summed E-state index contributed by atoms with van der Waals surface area (Å²) in [4.78, 5) is 10.7. The maximum Gasteiger partial charge on any atom is 0.234 e. The third-order valence-corrected chi connectivity index (χ3v) is 2.49. The van der Waals surface area contributed by atoms with Gasteiger partial charge < -0.3 is 0 Å². The van der Waals surface area contributed by atoms with Crippen LogP contribution in [0.4, 0.5) is 0 Å². The van der Waals surface area contributed by atoms with Crippen LogP contribution >= 0.6 is 11.8 Å². The second-order valence-electron chi connectivity index (χ2n) is 3.11. The van der Waals surface area contributed by atoms with Crippen molar-refractivity contribution in [1.29, 1.82) is 0 Å². The molecule has 0 fully saturated rings. The molecule has 72 valence electrons. The number of hydrogen-bond acceptors (Lipinski definition) is 3. The first-order valence-electron chi connectivity index (χ1n) is 4.24.